The fourth-order valence-corrected chi connectivity index (χ4v) is 2.23. The van der Waals surface area contributed by atoms with E-state index in [0.717, 1.165) is 23.6 Å². The Kier molecular flexibility index (Phi) is 5.32. The van der Waals surface area contributed by atoms with Crippen LogP contribution in [-0.4, -0.2) is 25.4 Å². The first-order valence-electron chi connectivity index (χ1n) is 6.97. The number of nitrogens with one attached hydrogen (secondary N) is 1. The average Bonchev–Trinajstić information content (AvgIpc) is 2.88. The van der Waals surface area contributed by atoms with Crippen molar-refractivity contribution in [2.45, 2.75) is 26.3 Å². The minimum absolute atomic E-state index is 0.371. The average molecular weight is 274 g/mol. The van der Waals surface area contributed by atoms with Crippen molar-refractivity contribution in [1.82, 2.24) is 10.5 Å². The van der Waals surface area contributed by atoms with Crippen LogP contribution >= 0.6 is 0 Å². The second kappa shape index (κ2) is 7.22. The molecule has 2 rings (SSSR count). The molecule has 0 bridgehead atoms. The molecule has 2 aromatic rings. The maximum atomic E-state index is 5.58. The molecule has 0 aliphatic carbocycles. The van der Waals surface area contributed by atoms with Crippen molar-refractivity contribution >= 4 is 0 Å². The molecule has 0 saturated heterocycles. The molecule has 0 unspecified atom stereocenters. The maximum Gasteiger partial charge on any atom is 0.170 e. The number of methoxy groups -OCH3 is 1. The molecule has 4 heteroatoms. The number of benzene rings is 1. The van der Waals surface area contributed by atoms with E-state index in [0.29, 0.717) is 19.1 Å². The Hall–Kier alpha value is -1.65. The van der Waals surface area contributed by atoms with E-state index in [4.69, 9.17) is 9.26 Å². The highest BCUT2D eigenvalue weighted by molar-refractivity contribution is 5.62. The van der Waals surface area contributed by atoms with Gasteiger partial charge in [-0.25, -0.2) is 0 Å². The van der Waals surface area contributed by atoms with Gasteiger partial charge in [0.15, 0.2) is 5.76 Å². The van der Waals surface area contributed by atoms with Gasteiger partial charge in [-0.05, 0) is 5.92 Å². The Morgan fingerprint density at radius 3 is 2.65 bits per heavy atom. The molecule has 0 saturated carbocycles. The molecule has 0 radical (unpaired) electrons. The van der Waals surface area contributed by atoms with E-state index in [9.17, 15) is 0 Å². The van der Waals surface area contributed by atoms with Gasteiger partial charge in [0.2, 0.25) is 0 Å². The molecule has 0 fully saturated rings. The summed E-state index contributed by atoms with van der Waals surface area (Å²) in [6.07, 6.45) is 0. The molecule has 1 heterocycles. The van der Waals surface area contributed by atoms with Gasteiger partial charge in [0, 0.05) is 31.3 Å². The van der Waals surface area contributed by atoms with E-state index in [2.05, 4.69) is 36.5 Å². The lowest BCUT2D eigenvalue weighted by Crippen LogP contribution is -2.19. The summed E-state index contributed by atoms with van der Waals surface area (Å²) in [7, 11) is 1.70. The summed E-state index contributed by atoms with van der Waals surface area (Å²) in [5.41, 5.74) is 3.24. The lowest BCUT2D eigenvalue weighted by atomic mass is 9.97. The van der Waals surface area contributed by atoms with E-state index >= 15 is 0 Å². The van der Waals surface area contributed by atoms with Crippen LogP contribution in [0.5, 0.6) is 0 Å². The molecule has 1 N–H and O–H groups in total. The Labute approximate surface area is 120 Å². The predicted octanol–water partition coefficient (Wildman–Crippen LogP) is 3.20. The largest absolute Gasteiger partial charge is 0.383 e. The molecule has 20 heavy (non-hydrogen) atoms. The number of aromatic nitrogens is 1. The fraction of sp³-hybridized carbons (Fsp3) is 0.438. The van der Waals surface area contributed by atoms with Crippen LogP contribution in [0.15, 0.2) is 34.9 Å². The van der Waals surface area contributed by atoms with E-state index in [1.54, 1.807) is 7.11 Å². The number of ether oxygens (including phenoxy) is 1. The molecule has 0 amide bonds. The second-order valence-corrected chi connectivity index (χ2v) is 5.06. The van der Waals surface area contributed by atoms with Crippen molar-refractivity contribution in [3.63, 3.8) is 0 Å². The molecule has 0 spiro atoms. The van der Waals surface area contributed by atoms with Gasteiger partial charge in [0.1, 0.15) is 5.69 Å². The summed E-state index contributed by atoms with van der Waals surface area (Å²) in [6.45, 7) is 6.53. The van der Waals surface area contributed by atoms with Gasteiger partial charge >= 0.3 is 0 Å². The van der Waals surface area contributed by atoms with E-state index < -0.39 is 0 Å². The quantitative estimate of drug-likeness (QED) is 0.788. The van der Waals surface area contributed by atoms with Gasteiger partial charge in [-0.2, -0.15) is 0 Å². The predicted molar refractivity (Wildman–Crippen MR) is 79.6 cm³/mol. The van der Waals surface area contributed by atoms with Crippen molar-refractivity contribution in [2.24, 2.45) is 0 Å². The normalized spacial score (nSPS) is 11.2. The topological polar surface area (TPSA) is 47.3 Å². The van der Waals surface area contributed by atoms with Crippen molar-refractivity contribution in [3.05, 3.63) is 41.6 Å². The van der Waals surface area contributed by atoms with Crippen LogP contribution in [0.25, 0.3) is 11.3 Å². The van der Waals surface area contributed by atoms with E-state index in [1.165, 1.54) is 5.56 Å². The molecule has 0 atom stereocenters. The van der Waals surface area contributed by atoms with Crippen LogP contribution < -0.4 is 5.32 Å². The van der Waals surface area contributed by atoms with Gasteiger partial charge in [0.25, 0.3) is 0 Å². The number of nitrogens with zero attached hydrogens (tertiary/aromatic N) is 1. The highest BCUT2D eigenvalue weighted by atomic mass is 16.5. The van der Waals surface area contributed by atoms with Crippen molar-refractivity contribution < 1.29 is 9.26 Å². The summed E-state index contributed by atoms with van der Waals surface area (Å²) in [5, 5.41) is 7.55. The lowest BCUT2D eigenvalue weighted by Gasteiger charge is -2.08. The highest BCUT2D eigenvalue weighted by Gasteiger charge is 2.19. The minimum atomic E-state index is 0.371. The molecule has 1 aromatic heterocycles. The summed E-state index contributed by atoms with van der Waals surface area (Å²) in [4.78, 5) is 0. The van der Waals surface area contributed by atoms with E-state index in [1.807, 2.05) is 18.2 Å². The Morgan fingerprint density at radius 1 is 1.25 bits per heavy atom. The third-order valence-electron chi connectivity index (χ3n) is 3.19. The van der Waals surface area contributed by atoms with Crippen LogP contribution in [0, 0.1) is 0 Å². The standard InChI is InChI=1S/C16H22N2O2/c1-12(2)15-14(11-17-9-10-19-3)18-20-16(15)13-7-5-4-6-8-13/h4-8,12,17H,9-11H2,1-3H3. The number of rotatable bonds is 7. The molecular formula is C16H22N2O2. The van der Waals surface area contributed by atoms with Crippen LogP contribution in [0.4, 0.5) is 0 Å². The first-order valence-corrected chi connectivity index (χ1v) is 6.97. The Balaban J connectivity index is 2.20. The van der Waals surface area contributed by atoms with Gasteiger partial charge < -0.3 is 14.6 Å². The SMILES string of the molecule is COCCNCc1noc(-c2ccccc2)c1C(C)C. The van der Waals surface area contributed by atoms with Crippen LogP contribution in [0.1, 0.15) is 31.0 Å². The first kappa shape index (κ1) is 14.8. The van der Waals surface area contributed by atoms with Crippen molar-refractivity contribution in [3.8, 4) is 11.3 Å². The summed E-state index contributed by atoms with van der Waals surface area (Å²) >= 11 is 0. The molecule has 108 valence electrons. The van der Waals surface area contributed by atoms with Gasteiger partial charge in [-0.1, -0.05) is 49.3 Å². The Morgan fingerprint density at radius 2 is 2.00 bits per heavy atom. The summed E-state index contributed by atoms with van der Waals surface area (Å²) in [6, 6.07) is 10.1. The zero-order valence-corrected chi connectivity index (χ0v) is 12.3. The van der Waals surface area contributed by atoms with Crippen LogP contribution in [0.2, 0.25) is 0 Å². The molecule has 1 aromatic carbocycles. The molecule has 0 aliphatic rings. The van der Waals surface area contributed by atoms with Gasteiger partial charge in [0.05, 0.1) is 6.61 Å². The molecular weight excluding hydrogens is 252 g/mol. The molecule has 0 aliphatic heterocycles. The summed E-state index contributed by atoms with van der Waals surface area (Å²) in [5.74, 6) is 1.25. The Bertz CT molecular complexity index is 521. The third-order valence-corrected chi connectivity index (χ3v) is 3.19. The maximum absolute atomic E-state index is 5.58. The first-order chi connectivity index (χ1) is 9.74. The monoisotopic (exact) mass is 274 g/mol. The fourth-order valence-electron chi connectivity index (χ4n) is 2.23. The second-order valence-electron chi connectivity index (χ2n) is 5.06. The third kappa shape index (κ3) is 3.46. The van der Waals surface area contributed by atoms with Crippen molar-refractivity contribution in [2.75, 3.05) is 20.3 Å². The lowest BCUT2D eigenvalue weighted by molar-refractivity contribution is 0.199. The van der Waals surface area contributed by atoms with Crippen molar-refractivity contribution in [1.29, 1.82) is 0 Å². The van der Waals surface area contributed by atoms with Crippen LogP contribution in [0.3, 0.4) is 0 Å². The molecule has 4 nitrogen and oxygen atoms in total. The zero-order chi connectivity index (χ0) is 14.4. The smallest absolute Gasteiger partial charge is 0.170 e. The minimum Gasteiger partial charge on any atom is -0.383 e. The highest BCUT2D eigenvalue weighted by Crippen LogP contribution is 2.31. The summed E-state index contributed by atoms with van der Waals surface area (Å²) < 4.78 is 10.6. The number of hydrogen-bond donors (Lipinski definition) is 1. The van der Waals surface area contributed by atoms with E-state index in [-0.39, 0.29) is 0 Å². The van der Waals surface area contributed by atoms with Gasteiger partial charge in [-0.15, -0.1) is 0 Å². The van der Waals surface area contributed by atoms with Crippen LogP contribution in [-0.2, 0) is 11.3 Å². The number of hydrogen-bond acceptors (Lipinski definition) is 4. The van der Waals surface area contributed by atoms with Gasteiger partial charge in [-0.3, -0.25) is 0 Å². The zero-order valence-electron chi connectivity index (χ0n) is 12.3.